The van der Waals surface area contributed by atoms with E-state index in [9.17, 15) is 14.0 Å². The number of nitriles is 1. The minimum Gasteiger partial charge on any atom is -0.461 e. The number of nitrogen functional groups attached to an aromatic ring is 1. The number of ether oxygens (including phenoxy) is 1. The molecule has 4 aromatic rings. The molecule has 8 nitrogen and oxygen atoms in total. The summed E-state index contributed by atoms with van der Waals surface area (Å²) in [5.74, 6) is -0.238. The summed E-state index contributed by atoms with van der Waals surface area (Å²) in [5, 5.41) is 10.7. The molecule has 1 aliphatic carbocycles. The van der Waals surface area contributed by atoms with Gasteiger partial charge in [0, 0.05) is 48.4 Å². The number of fused-ring (bicyclic) bond motifs is 5. The van der Waals surface area contributed by atoms with E-state index in [0.29, 0.717) is 37.3 Å². The number of hydrogen-bond acceptors (Lipinski definition) is 9. The highest BCUT2D eigenvalue weighted by Gasteiger charge is 2.49. The summed E-state index contributed by atoms with van der Waals surface area (Å²) in [6, 6.07) is 6.39. The number of benzene rings is 2. The molecule has 13 heteroatoms. The number of anilines is 2. The van der Waals surface area contributed by atoms with Crippen LogP contribution in [-0.2, 0) is 0 Å². The number of thiophene rings is 1. The Labute approximate surface area is 266 Å². The third-order valence-corrected chi connectivity index (χ3v) is 11.8. The van der Waals surface area contributed by atoms with Crippen molar-refractivity contribution in [3.63, 3.8) is 0 Å². The quantitative estimate of drug-likeness (QED) is 0.268. The van der Waals surface area contributed by atoms with Gasteiger partial charge in [0.25, 0.3) is 0 Å². The van der Waals surface area contributed by atoms with Crippen molar-refractivity contribution in [3.8, 4) is 23.2 Å². The highest BCUT2D eigenvalue weighted by Crippen LogP contribution is 2.47. The summed E-state index contributed by atoms with van der Waals surface area (Å²) >= 11 is 7.77. The SMILES string of the molecule is N#Cc1c(N)sc2c(F)ccc(-c3c(Cl)cc4c(N5CC6CCC(C5)C6N)nc(OC[C@@]56CCCN5C[C@H](F)C6)nc4c3F)c12. The number of rotatable bonds is 5. The van der Waals surface area contributed by atoms with Gasteiger partial charge in [-0.1, -0.05) is 17.7 Å². The van der Waals surface area contributed by atoms with Gasteiger partial charge in [-0.15, -0.1) is 11.3 Å². The average Bonchev–Trinajstić information content (AvgIpc) is 3.69. The van der Waals surface area contributed by atoms with Gasteiger partial charge in [0.2, 0.25) is 0 Å². The van der Waals surface area contributed by atoms with E-state index in [1.54, 1.807) is 6.07 Å². The van der Waals surface area contributed by atoms with Crippen molar-refractivity contribution >= 4 is 54.7 Å². The molecule has 3 aliphatic heterocycles. The van der Waals surface area contributed by atoms with Crippen molar-refractivity contribution < 1.29 is 17.9 Å². The predicted molar refractivity (Wildman–Crippen MR) is 169 cm³/mol. The molecule has 2 aromatic heterocycles. The lowest BCUT2D eigenvalue weighted by Gasteiger charge is -2.37. The van der Waals surface area contributed by atoms with Gasteiger partial charge in [0.1, 0.15) is 41.0 Å². The maximum Gasteiger partial charge on any atom is 0.319 e. The molecule has 45 heavy (non-hydrogen) atoms. The Kier molecular flexibility index (Phi) is 6.84. The third-order valence-electron chi connectivity index (χ3n) is 10.5. The van der Waals surface area contributed by atoms with Crippen LogP contribution < -0.4 is 21.1 Å². The molecule has 2 unspecified atom stereocenters. The van der Waals surface area contributed by atoms with Gasteiger partial charge in [-0.3, -0.25) is 4.90 Å². The summed E-state index contributed by atoms with van der Waals surface area (Å²) in [6.07, 6.45) is 3.25. The van der Waals surface area contributed by atoms with Crippen LogP contribution in [0.1, 0.15) is 37.7 Å². The lowest BCUT2D eigenvalue weighted by atomic mass is 9.92. The van der Waals surface area contributed by atoms with E-state index in [1.807, 2.05) is 6.07 Å². The van der Waals surface area contributed by atoms with Crippen LogP contribution in [0, 0.1) is 34.8 Å². The Hall–Kier alpha value is -3.37. The zero-order chi connectivity index (χ0) is 31.2. The molecule has 0 spiro atoms. The number of halogens is 4. The molecule has 4 atom stereocenters. The summed E-state index contributed by atoms with van der Waals surface area (Å²) in [5.41, 5.74) is 12.4. The number of nitrogens with zero attached hydrogens (tertiary/aromatic N) is 5. The second kappa shape index (κ2) is 10.6. The first-order valence-corrected chi connectivity index (χ1v) is 16.5. The van der Waals surface area contributed by atoms with Crippen LogP contribution in [0.25, 0.3) is 32.1 Å². The van der Waals surface area contributed by atoms with Crippen LogP contribution in [-0.4, -0.2) is 65.4 Å². The number of hydrogen-bond donors (Lipinski definition) is 2. The molecular formula is C32H31ClF3N7OS. The maximum atomic E-state index is 16.9. The van der Waals surface area contributed by atoms with Crippen molar-refractivity contribution in [2.75, 3.05) is 43.4 Å². The number of aromatic nitrogens is 2. The monoisotopic (exact) mass is 653 g/mol. The largest absolute Gasteiger partial charge is 0.461 e. The smallest absolute Gasteiger partial charge is 0.319 e. The van der Waals surface area contributed by atoms with Crippen molar-refractivity contribution in [1.82, 2.24) is 14.9 Å². The highest BCUT2D eigenvalue weighted by molar-refractivity contribution is 7.23. The molecule has 4 N–H and O–H groups in total. The van der Waals surface area contributed by atoms with Crippen LogP contribution in [0.2, 0.25) is 5.02 Å². The van der Waals surface area contributed by atoms with Crippen LogP contribution in [0.4, 0.5) is 24.0 Å². The summed E-state index contributed by atoms with van der Waals surface area (Å²) in [7, 11) is 0. The van der Waals surface area contributed by atoms with E-state index >= 15 is 4.39 Å². The van der Waals surface area contributed by atoms with E-state index in [0.717, 1.165) is 43.6 Å². The maximum absolute atomic E-state index is 16.9. The Balaban J connectivity index is 1.29. The molecule has 2 aromatic carbocycles. The van der Waals surface area contributed by atoms with Crippen molar-refractivity contribution in [2.24, 2.45) is 17.6 Å². The van der Waals surface area contributed by atoms with Gasteiger partial charge in [0.15, 0.2) is 5.82 Å². The third kappa shape index (κ3) is 4.46. The van der Waals surface area contributed by atoms with Crippen molar-refractivity contribution in [1.29, 1.82) is 5.26 Å². The number of alkyl halides is 1. The average molecular weight is 654 g/mol. The predicted octanol–water partition coefficient (Wildman–Crippen LogP) is 6.03. The lowest BCUT2D eigenvalue weighted by Crippen LogP contribution is -2.49. The van der Waals surface area contributed by atoms with Crippen molar-refractivity contribution in [3.05, 3.63) is 40.4 Å². The van der Waals surface area contributed by atoms with Gasteiger partial charge in [0.05, 0.1) is 20.8 Å². The van der Waals surface area contributed by atoms with Gasteiger partial charge in [-0.25, -0.2) is 13.2 Å². The standard InChI is InChI=1S/C32H31ClF3N7OS/c33-21-8-19-27(25(36)24(21)18-4-5-22(35)28-23(18)20(10-37)29(39)45-28)40-31(44-14-32-6-1-7-43(32)13-17(34)9-32)41-30(19)42-11-15-2-3-16(12-42)26(15)38/h4-5,8,15-17,26H,1-3,6-7,9,11-14,38-39H2/t15?,16?,17-,26?,32+/m1/s1. The van der Waals surface area contributed by atoms with Crippen LogP contribution in [0.15, 0.2) is 18.2 Å². The molecule has 3 saturated heterocycles. The Bertz CT molecular complexity index is 1900. The normalized spacial score (nSPS) is 27.9. The minimum absolute atomic E-state index is 0.00262. The molecular weight excluding hydrogens is 623 g/mol. The van der Waals surface area contributed by atoms with Crippen LogP contribution in [0.3, 0.4) is 0 Å². The van der Waals surface area contributed by atoms with E-state index in [2.05, 4.69) is 14.8 Å². The number of piperidine rings is 1. The molecule has 0 amide bonds. The number of nitrogens with two attached hydrogens (primary N) is 2. The second-order valence-electron chi connectivity index (χ2n) is 13.0. The Morgan fingerprint density at radius 1 is 1.18 bits per heavy atom. The molecule has 234 valence electrons. The highest BCUT2D eigenvalue weighted by atomic mass is 35.5. The minimum atomic E-state index is -0.922. The Morgan fingerprint density at radius 3 is 2.71 bits per heavy atom. The van der Waals surface area contributed by atoms with Crippen LogP contribution in [0.5, 0.6) is 6.01 Å². The first kappa shape index (κ1) is 29.1. The molecule has 4 fully saturated rings. The van der Waals surface area contributed by atoms with Gasteiger partial charge in [-0.05, 0) is 61.8 Å². The van der Waals surface area contributed by atoms with E-state index in [4.69, 9.17) is 32.8 Å². The fraction of sp³-hybridized carbons (Fsp3) is 0.469. The van der Waals surface area contributed by atoms with E-state index in [-0.39, 0.29) is 72.8 Å². The fourth-order valence-corrected chi connectivity index (χ4v) is 9.55. The summed E-state index contributed by atoms with van der Waals surface area (Å²) < 4.78 is 52.6. The van der Waals surface area contributed by atoms with Gasteiger partial charge >= 0.3 is 6.01 Å². The second-order valence-corrected chi connectivity index (χ2v) is 14.4. The zero-order valence-electron chi connectivity index (χ0n) is 24.3. The zero-order valence-corrected chi connectivity index (χ0v) is 25.9. The van der Waals surface area contributed by atoms with Gasteiger partial charge < -0.3 is 21.1 Å². The van der Waals surface area contributed by atoms with Gasteiger partial charge in [-0.2, -0.15) is 15.2 Å². The first-order valence-electron chi connectivity index (χ1n) is 15.3. The first-order chi connectivity index (χ1) is 21.7. The molecule has 0 radical (unpaired) electrons. The van der Waals surface area contributed by atoms with E-state index in [1.165, 1.54) is 12.1 Å². The van der Waals surface area contributed by atoms with Crippen LogP contribution >= 0.6 is 22.9 Å². The molecule has 5 heterocycles. The topological polar surface area (TPSA) is 117 Å². The fourth-order valence-electron chi connectivity index (χ4n) is 8.31. The Morgan fingerprint density at radius 2 is 1.96 bits per heavy atom. The molecule has 1 saturated carbocycles. The molecule has 4 aliphatic rings. The van der Waals surface area contributed by atoms with E-state index < -0.39 is 23.3 Å². The lowest BCUT2D eigenvalue weighted by molar-refractivity contribution is 0.107. The van der Waals surface area contributed by atoms with Crippen molar-refractivity contribution in [2.45, 2.75) is 49.9 Å². The molecule has 8 rings (SSSR count). The summed E-state index contributed by atoms with van der Waals surface area (Å²) in [4.78, 5) is 13.7. The molecule has 2 bridgehead atoms. The summed E-state index contributed by atoms with van der Waals surface area (Å²) in [6.45, 7) is 2.69.